The zero-order valence-electron chi connectivity index (χ0n) is 12.2. The topological polar surface area (TPSA) is 46.5 Å². The van der Waals surface area contributed by atoms with E-state index in [-0.39, 0.29) is 4.90 Å². The summed E-state index contributed by atoms with van der Waals surface area (Å²) in [4.78, 5) is 1.96. The maximum atomic E-state index is 12.6. The molecule has 0 aliphatic rings. The van der Waals surface area contributed by atoms with Crippen molar-refractivity contribution in [2.75, 3.05) is 0 Å². The van der Waals surface area contributed by atoms with E-state index in [9.17, 15) is 8.42 Å². The molecule has 3 nitrogen and oxygen atoms in total. The molecule has 0 saturated carbocycles. The Labute approximate surface area is 138 Å². The minimum Gasteiger partial charge on any atom is -0.199 e. The van der Waals surface area contributed by atoms with Gasteiger partial charge in [0.1, 0.15) is 0 Å². The molecule has 0 aliphatic carbocycles. The van der Waals surface area contributed by atoms with Gasteiger partial charge in [0.15, 0.2) is 0 Å². The maximum Gasteiger partial charge on any atom is 0.288 e. The summed E-state index contributed by atoms with van der Waals surface area (Å²) in [6.07, 6.45) is 0. The van der Waals surface area contributed by atoms with Crippen LogP contribution in [0.1, 0.15) is 0 Å². The second-order valence-corrected chi connectivity index (χ2v) is 8.30. The van der Waals surface area contributed by atoms with Gasteiger partial charge in [0, 0.05) is 9.79 Å². The van der Waals surface area contributed by atoms with E-state index >= 15 is 0 Å². The highest BCUT2D eigenvalue weighted by atomic mass is 32.3. The van der Waals surface area contributed by atoms with Crippen LogP contribution in [0.5, 0.6) is 0 Å². The predicted octanol–water partition coefficient (Wildman–Crippen LogP) is 4.30. The van der Waals surface area contributed by atoms with Crippen LogP contribution in [0.2, 0.25) is 0 Å². The van der Waals surface area contributed by atoms with Crippen molar-refractivity contribution in [3.8, 4) is 0 Å². The Morgan fingerprint density at radius 3 is 1.43 bits per heavy atom. The van der Waals surface area contributed by atoms with Crippen molar-refractivity contribution in [3.63, 3.8) is 0 Å². The number of rotatable bonds is 4. The molecule has 0 atom stereocenters. The summed E-state index contributed by atoms with van der Waals surface area (Å²) in [6, 6.07) is 27.3. The first-order valence-electron chi connectivity index (χ1n) is 7.04. The summed E-state index contributed by atoms with van der Waals surface area (Å²) in [6.45, 7) is 0. The highest BCUT2D eigenvalue weighted by Gasteiger charge is 2.15. The number of sulfonamides is 1. The molecule has 0 N–H and O–H groups in total. The lowest BCUT2D eigenvalue weighted by Crippen LogP contribution is -2.01. The largest absolute Gasteiger partial charge is 0.288 e. The van der Waals surface area contributed by atoms with Crippen LogP contribution >= 0.6 is 0 Å². The molecule has 0 amide bonds. The fraction of sp³-hybridized carbons (Fsp3) is 0. The Hall–Kier alpha value is -2.24. The van der Waals surface area contributed by atoms with Gasteiger partial charge in [-0.2, -0.15) is 8.42 Å². The Bertz CT molecular complexity index is 866. The average molecular weight is 341 g/mol. The summed E-state index contributed by atoms with van der Waals surface area (Å²) in [5.74, 6) is 0. The van der Waals surface area contributed by atoms with Crippen LogP contribution in [0.15, 0.2) is 109 Å². The molecule has 0 fully saturated rings. The zero-order chi connectivity index (χ0) is 16.1. The van der Waals surface area contributed by atoms with Gasteiger partial charge in [-0.3, -0.25) is 0 Å². The standard InChI is InChI=1S/C18H15NO2S2/c20-23(21,18-14-8-3-9-15-18)19-22(16-10-4-1-5-11-16)17-12-6-2-7-13-17/h1-15H. The maximum absolute atomic E-state index is 12.6. The van der Waals surface area contributed by atoms with Crippen molar-refractivity contribution >= 4 is 20.7 Å². The van der Waals surface area contributed by atoms with Crippen LogP contribution in [-0.2, 0) is 20.7 Å². The van der Waals surface area contributed by atoms with Gasteiger partial charge in [-0.25, -0.2) is 0 Å². The first-order valence-corrected chi connectivity index (χ1v) is 9.66. The molecule has 0 aliphatic heterocycles. The van der Waals surface area contributed by atoms with Crippen molar-refractivity contribution in [2.45, 2.75) is 14.7 Å². The molecule has 0 aromatic heterocycles. The molecule has 3 aromatic rings. The fourth-order valence-corrected chi connectivity index (χ4v) is 5.48. The molecule has 5 heteroatoms. The molecule has 23 heavy (non-hydrogen) atoms. The monoisotopic (exact) mass is 341 g/mol. The first-order chi connectivity index (χ1) is 11.2. The molecule has 0 radical (unpaired) electrons. The molecular weight excluding hydrogens is 326 g/mol. The van der Waals surface area contributed by atoms with Crippen molar-refractivity contribution in [2.24, 2.45) is 3.77 Å². The number of hydrogen-bond acceptors (Lipinski definition) is 2. The van der Waals surface area contributed by atoms with E-state index in [1.807, 2.05) is 60.7 Å². The zero-order valence-corrected chi connectivity index (χ0v) is 13.9. The number of hydrogen-bond donors (Lipinski definition) is 0. The Morgan fingerprint density at radius 1 is 0.609 bits per heavy atom. The molecule has 0 saturated heterocycles. The van der Waals surface area contributed by atoms with Gasteiger partial charge >= 0.3 is 0 Å². The smallest absolute Gasteiger partial charge is 0.199 e. The minimum absolute atomic E-state index is 0.212. The number of nitrogens with zero attached hydrogens (tertiary/aromatic N) is 1. The minimum atomic E-state index is -3.72. The summed E-state index contributed by atoms with van der Waals surface area (Å²) in [7, 11) is -4.60. The third kappa shape index (κ3) is 3.75. The van der Waals surface area contributed by atoms with Crippen molar-refractivity contribution in [1.29, 1.82) is 0 Å². The Kier molecular flexibility index (Phi) is 4.69. The molecule has 3 aromatic carbocycles. The van der Waals surface area contributed by atoms with Crippen LogP contribution in [0.3, 0.4) is 0 Å². The van der Waals surface area contributed by atoms with Crippen LogP contribution in [0, 0.1) is 0 Å². The SMILES string of the molecule is O=S(=O)(N=S(c1ccccc1)c1ccccc1)c1ccccc1. The summed E-state index contributed by atoms with van der Waals surface area (Å²) in [5.41, 5.74) is 0. The van der Waals surface area contributed by atoms with Crippen molar-refractivity contribution in [3.05, 3.63) is 91.0 Å². The lowest BCUT2D eigenvalue weighted by molar-refractivity contribution is 0.598. The van der Waals surface area contributed by atoms with Gasteiger partial charge in [-0.1, -0.05) is 54.6 Å². The summed E-state index contributed by atoms with van der Waals surface area (Å²) in [5, 5.41) is 0. The second-order valence-electron chi connectivity index (χ2n) is 4.77. The Balaban J connectivity index is 2.17. The van der Waals surface area contributed by atoms with Crippen LogP contribution in [0.4, 0.5) is 0 Å². The van der Waals surface area contributed by atoms with Gasteiger partial charge in [0.2, 0.25) is 0 Å². The highest BCUT2D eigenvalue weighted by molar-refractivity contribution is 8.00. The van der Waals surface area contributed by atoms with Gasteiger partial charge in [0.05, 0.1) is 4.90 Å². The summed E-state index contributed by atoms with van der Waals surface area (Å²) >= 11 is 0. The van der Waals surface area contributed by atoms with Crippen LogP contribution in [0.25, 0.3) is 0 Å². The predicted molar refractivity (Wildman–Crippen MR) is 92.8 cm³/mol. The molecule has 3 rings (SSSR count). The highest BCUT2D eigenvalue weighted by Crippen LogP contribution is 2.22. The third-order valence-electron chi connectivity index (χ3n) is 3.15. The van der Waals surface area contributed by atoms with E-state index in [0.29, 0.717) is 0 Å². The lowest BCUT2D eigenvalue weighted by atomic mass is 10.4. The molecule has 0 spiro atoms. The Morgan fingerprint density at radius 2 is 1.00 bits per heavy atom. The molecule has 0 heterocycles. The van der Waals surface area contributed by atoms with Gasteiger partial charge < -0.3 is 0 Å². The quantitative estimate of drug-likeness (QED) is 0.710. The van der Waals surface area contributed by atoms with Gasteiger partial charge in [-0.15, -0.1) is 3.77 Å². The number of benzene rings is 3. The molecule has 116 valence electrons. The average Bonchev–Trinajstić information content (AvgIpc) is 2.62. The van der Waals surface area contributed by atoms with Gasteiger partial charge in [-0.05, 0) is 47.1 Å². The molecular formula is C18H15NO2S2. The first kappa shape index (κ1) is 15.6. The van der Waals surface area contributed by atoms with E-state index in [2.05, 4.69) is 3.77 Å². The van der Waals surface area contributed by atoms with E-state index in [0.717, 1.165) is 9.79 Å². The van der Waals surface area contributed by atoms with Crippen molar-refractivity contribution in [1.82, 2.24) is 0 Å². The second kappa shape index (κ2) is 6.89. The molecule has 0 bridgehead atoms. The third-order valence-corrected chi connectivity index (χ3v) is 6.83. The van der Waals surface area contributed by atoms with Gasteiger partial charge in [0.25, 0.3) is 10.0 Å². The van der Waals surface area contributed by atoms with Crippen LogP contribution in [-0.4, -0.2) is 8.42 Å². The van der Waals surface area contributed by atoms with Crippen molar-refractivity contribution < 1.29 is 8.42 Å². The fourth-order valence-electron chi connectivity index (χ4n) is 2.05. The molecule has 0 unspecified atom stereocenters. The lowest BCUT2D eigenvalue weighted by Gasteiger charge is -2.09. The van der Waals surface area contributed by atoms with E-state index in [4.69, 9.17) is 0 Å². The summed E-state index contributed by atoms with van der Waals surface area (Å²) < 4.78 is 29.5. The van der Waals surface area contributed by atoms with E-state index < -0.39 is 20.7 Å². The normalized spacial score (nSPS) is 11.3. The van der Waals surface area contributed by atoms with E-state index in [1.54, 1.807) is 30.3 Å². The van der Waals surface area contributed by atoms with Crippen LogP contribution < -0.4 is 0 Å². The van der Waals surface area contributed by atoms with E-state index in [1.165, 1.54) is 0 Å².